The molecule has 1 saturated heterocycles. The van der Waals surface area contributed by atoms with E-state index in [2.05, 4.69) is 30.3 Å². The summed E-state index contributed by atoms with van der Waals surface area (Å²) in [5.41, 5.74) is 1.53. The van der Waals surface area contributed by atoms with Crippen LogP contribution in [0, 0.1) is 0 Å². The molecule has 11 heteroatoms. The van der Waals surface area contributed by atoms with Gasteiger partial charge in [-0.3, -0.25) is 4.79 Å². The molecule has 1 fully saturated rings. The maximum Gasteiger partial charge on any atom is 0.233 e. The number of imidazole rings is 1. The lowest BCUT2D eigenvalue weighted by molar-refractivity contribution is -0.121. The molecule has 2 aliphatic rings. The van der Waals surface area contributed by atoms with Gasteiger partial charge in [-0.15, -0.1) is 0 Å². The minimum atomic E-state index is -1.97. The molecule has 4 aromatic rings. The Balaban J connectivity index is 1.35. The number of hydrogen-bond donors (Lipinski definition) is 1. The first-order valence-corrected chi connectivity index (χ1v) is 12.7. The van der Waals surface area contributed by atoms with E-state index in [-0.39, 0.29) is 23.1 Å². The van der Waals surface area contributed by atoms with Gasteiger partial charge in [0.05, 0.1) is 30.1 Å². The van der Waals surface area contributed by atoms with Crippen LogP contribution in [0.5, 0.6) is 0 Å². The second-order valence-corrected chi connectivity index (χ2v) is 9.75. The fraction of sp³-hybridized carbons (Fsp3) is 0.296. The van der Waals surface area contributed by atoms with Gasteiger partial charge in [-0.2, -0.15) is 5.10 Å². The molecule has 1 aliphatic heterocycles. The molecule has 0 radical (unpaired) electrons. The van der Waals surface area contributed by atoms with E-state index in [0.29, 0.717) is 41.0 Å². The molecule has 4 heterocycles. The summed E-state index contributed by atoms with van der Waals surface area (Å²) in [4.78, 5) is 28.1. The number of rotatable bonds is 5. The third-order valence-corrected chi connectivity index (χ3v) is 7.39. The van der Waals surface area contributed by atoms with Gasteiger partial charge in [-0.25, -0.2) is 23.9 Å². The molecule has 2 atom stereocenters. The smallest absolute Gasteiger partial charge is 0.233 e. The van der Waals surface area contributed by atoms with Gasteiger partial charge in [0.1, 0.15) is 12.2 Å². The van der Waals surface area contributed by atoms with Crippen LogP contribution >= 0.6 is 11.6 Å². The number of fused-ring (bicyclic) bond motifs is 2. The highest BCUT2D eigenvalue weighted by Crippen LogP contribution is 2.45. The van der Waals surface area contributed by atoms with Crippen molar-refractivity contribution in [2.45, 2.75) is 18.0 Å². The minimum Gasteiger partial charge on any atom is -0.378 e. The normalized spacial score (nSPS) is 20.8. The van der Waals surface area contributed by atoms with E-state index in [9.17, 15) is 4.79 Å². The highest BCUT2D eigenvalue weighted by Gasteiger charge is 2.39. The summed E-state index contributed by atoms with van der Waals surface area (Å²) in [5, 5.41) is 8.05. The number of benzene rings is 1. The van der Waals surface area contributed by atoms with E-state index in [4.69, 9.17) is 16.3 Å². The number of nitrogens with one attached hydrogen (secondary N) is 1. The number of likely N-dealkylation sites (N-methyl/N-ethyl adjacent to an activating group) is 1. The molecule has 1 aromatic carbocycles. The third kappa shape index (κ3) is 4.29. The zero-order chi connectivity index (χ0) is 26.3. The molecule has 194 valence electrons. The topological polar surface area (TPSA) is 97.5 Å². The molecule has 3 aromatic heterocycles. The van der Waals surface area contributed by atoms with Gasteiger partial charge in [0.15, 0.2) is 11.3 Å². The standard InChI is InChI=1S/C27H25ClFN7O2/c1-30-26(37)24(21-4-5-23-31-8-9-36(23)34-21)18-6-7-27(29,15-20(18)28)25-19-3-2-17(14-22(19)32-16-33-25)35-10-12-38-13-11-35/h2-9,14,16,24H,10-13,15H2,1H3,(H,30,37). The van der Waals surface area contributed by atoms with Crippen LogP contribution in [0.2, 0.25) is 0 Å². The Morgan fingerprint density at radius 1 is 1.18 bits per heavy atom. The van der Waals surface area contributed by atoms with E-state index >= 15 is 4.39 Å². The number of anilines is 1. The van der Waals surface area contributed by atoms with Gasteiger partial charge in [-0.1, -0.05) is 17.7 Å². The lowest BCUT2D eigenvalue weighted by Crippen LogP contribution is -2.36. The van der Waals surface area contributed by atoms with Gasteiger partial charge >= 0.3 is 0 Å². The lowest BCUT2D eigenvalue weighted by atomic mass is 9.83. The summed E-state index contributed by atoms with van der Waals surface area (Å²) >= 11 is 6.74. The van der Waals surface area contributed by atoms with E-state index < -0.39 is 11.6 Å². The summed E-state index contributed by atoms with van der Waals surface area (Å²) < 4.78 is 23.6. The van der Waals surface area contributed by atoms with Crippen LogP contribution in [0.1, 0.15) is 23.7 Å². The maximum atomic E-state index is 16.6. The SMILES string of the molecule is CNC(=O)C(C1=C(Cl)CC(F)(c2ncnc3cc(N4CCOCC4)ccc23)C=C1)c1ccc2nccn2n1. The molecule has 6 rings (SSSR count). The molecule has 38 heavy (non-hydrogen) atoms. The molecule has 2 unspecified atom stereocenters. The number of morpholine rings is 1. The highest BCUT2D eigenvalue weighted by molar-refractivity contribution is 6.30. The number of ether oxygens (including phenoxy) is 1. The first-order valence-electron chi connectivity index (χ1n) is 12.3. The van der Waals surface area contributed by atoms with E-state index in [1.54, 1.807) is 42.2 Å². The summed E-state index contributed by atoms with van der Waals surface area (Å²) in [6.07, 6.45) is 7.53. The van der Waals surface area contributed by atoms with Crippen LogP contribution in [-0.2, 0) is 15.2 Å². The Morgan fingerprint density at radius 3 is 2.82 bits per heavy atom. The summed E-state index contributed by atoms with van der Waals surface area (Å²) in [7, 11) is 1.55. The van der Waals surface area contributed by atoms with Gasteiger partial charge in [0.2, 0.25) is 5.91 Å². The van der Waals surface area contributed by atoms with Crippen LogP contribution in [-0.4, -0.2) is 63.8 Å². The van der Waals surface area contributed by atoms with Crippen molar-refractivity contribution in [3.05, 3.63) is 83.2 Å². The Labute approximate surface area is 223 Å². The Hall–Kier alpha value is -3.89. The number of halogens is 2. The molecular weight excluding hydrogens is 509 g/mol. The number of amides is 1. The predicted octanol–water partition coefficient (Wildman–Crippen LogP) is 3.66. The highest BCUT2D eigenvalue weighted by atomic mass is 35.5. The molecule has 1 amide bonds. The van der Waals surface area contributed by atoms with Crippen LogP contribution in [0.25, 0.3) is 16.6 Å². The predicted molar refractivity (Wildman–Crippen MR) is 142 cm³/mol. The van der Waals surface area contributed by atoms with Crippen molar-refractivity contribution in [1.82, 2.24) is 29.9 Å². The number of carbonyl (C=O) groups is 1. The second-order valence-electron chi connectivity index (χ2n) is 9.29. The molecule has 1 aliphatic carbocycles. The number of nitrogens with zero attached hydrogens (tertiary/aromatic N) is 6. The Bertz CT molecular complexity index is 1600. The van der Waals surface area contributed by atoms with Crippen molar-refractivity contribution in [2.24, 2.45) is 0 Å². The number of hydrogen-bond acceptors (Lipinski definition) is 7. The third-order valence-electron chi connectivity index (χ3n) is 7.03. The quantitative estimate of drug-likeness (QED) is 0.418. The van der Waals surface area contributed by atoms with Gasteiger partial charge in [0.25, 0.3) is 0 Å². The van der Waals surface area contributed by atoms with Gasteiger partial charge in [0, 0.05) is 55.1 Å². The number of allylic oxidation sites excluding steroid dienone is 3. The van der Waals surface area contributed by atoms with Crippen molar-refractivity contribution in [2.75, 3.05) is 38.3 Å². The van der Waals surface area contributed by atoms with Crippen LogP contribution in [0.3, 0.4) is 0 Å². The Morgan fingerprint density at radius 2 is 2.03 bits per heavy atom. The fourth-order valence-electron chi connectivity index (χ4n) is 5.07. The first kappa shape index (κ1) is 24.4. The van der Waals surface area contributed by atoms with Crippen LogP contribution in [0.15, 0.2) is 71.8 Å². The zero-order valence-corrected chi connectivity index (χ0v) is 21.4. The summed E-state index contributed by atoms with van der Waals surface area (Å²) in [6, 6.07) is 9.27. The molecular formula is C27H25ClFN7O2. The second kappa shape index (κ2) is 9.77. The monoisotopic (exact) mass is 533 g/mol. The van der Waals surface area contributed by atoms with Crippen molar-refractivity contribution < 1.29 is 13.9 Å². The van der Waals surface area contributed by atoms with E-state index in [1.165, 1.54) is 12.4 Å². The van der Waals surface area contributed by atoms with Crippen molar-refractivity contribution in [3.8, 4) is 0 Å². The van der Waals surface area contributed by atoms with E-state index in [0.717, 1.165) is 18.8 Å². The Kier molecular flexibility index (Phi) is 6.29. The number of aromatic nitrogens is 5. The summed E-state index contributed by atoms with van der Waals surface area (Å²) in [6.45, 7) is 2.91. The average molecular weight is 534 g/mol. The molecule has 1 N–H and O–H groups in total. The maximum absolute atomic E-state index is 16.6. The first-order chi connectivity index (χ1) is 18.5. The van der Waals surface area contributed by atoms with E-state index in [1.807, 2.05) is 18.2 Å². The van der Waals surface area contributed by atoms with Crippen LogP contribution in [0.4, 0.5) is 10.1 Å². The summed E-state index contributed by atoms with van der Waals surface area (Å²) in [5.74, 6) is -1.12. The fourth-order valence-corrected chi connectivity index (χ4v) is 5.44. The van der Waals surface area contributed by atoms with Crippen molar-refractivity contribution in [3.63, 3.8) is 0 Å². The minimum absolute atomic E-state index is 0.168. The molecule has 0 saturated carbocycles. The zero-order valence-electron chi connectivity index (χ0n) is 20.6. The van der Waals surface area contributed by atoms with Gasteiger partial charge < -0.3 is 15.0 Å². The molecule has 0 spiro atoms. The molecule has 0 bridgehead atoms. The number of alkyl halides is 1. The average Bonchev–Trinajstić information content (AvgIpc) is 3.42. The van der Waals surface area contributed by atoms with Gasteiger partial charge in [-0.05, 0) is 42.0 Å². The molecule has 9 nitrogen and oxygen atoms in total. The largest absolute Gasteiger partial charge is 0.378 e. The van der Waals surface area contributed by atoms with Crippen LogP contribution < -0.4 is 10.2 Å². The van der Waals surface area contributed by atoms with Crippen molar-refractivity contribution >= 4 is 39.7 Å². The lowest BCUT2D eigenvalue weighted by Gasteiger charge is -2.30. The van der Waals surface area contributed by atoms with Crippen molar-refractivity contribution in [1.29, 1.82) is 0 Å². The number of carbonyl (C=O) groups excluding carboxylic acids is 1.